The number of halogens is 1. The first-order valence-corrected chi connectivity index (χ1v) is 8.61. The molecule has 3 aromatic rings. The molecule has 2 aromatic heterocycles. The van der Waals surface area contributed by atoms with E-state index in [4.69, 9.17) is 8.94 Å². The van der Waals surface area contributed by atoms with Crippen LogP contribution >= 0.6 is 24.0 Å². The lowest BCUT2D eigenvalue weighted by Crippen LogP contribution is -2.36. The lowest BCUT2D eigenvalue weighted by Gasteiger charge is -2.09. The van der Waals surface area contributed by atoms with Gasteiger partial charge in [0.15, 0.2) is 11.7 Å². The number of oxazole rings is 1. The summed E-state index contributed by atoms with van der Waals surface area (Å²) in [5.74, 6) is 2.88. The summed E-state index contributed by atoms with van der Waals surface area (Å²) < 4.78 is 11.0. The van der Waals surface area contributed by atoms with Gasteiger partial charge in [-0.05, 0) is 20.8 Å². The van der Waals surface area contributed by atoms with Gasteiger partial charge in [-0.25, -0.2) is 9.98 Å². The Morgan fingerprint density at radius 1 is 1.15 bits per heavy atom. The van der Waals surface area contributed by atoms with E-state index < -0.39 is 0 Å². The molecule has 0 unspecified atom stereocenters. The van der Waals surface area contributed by atoms with Gasteiger partial charge in [-0.2, -0.15) is 0 Å². The van der Waals surface area contributed by atoms with Gasteiger partial charge in [0.25, 0.3) is 0 Å². The third kappa shape index (κ3) is 5.81. The maximum Gasteiger partial charge on any atom is 0.214 e. The molecule has 0 atom stereocenters. The minimum atomic E-state index is 0. The quantitative estimate of drug-likeness (QED) is 0.316. The largest absolute Gasteiger partial charge is 0.444 e. The van der Waals surface area contributed by atoms with E-state index in [1.54, 1.807) is 0 Å². The Morgan fingerprint density at radius 2 is 1.93 bits per heavy atom. The van der Waals surface area contributed by atoms with E-state index >= 15 is 0 Å². The van der Waals surface area contributed by atoms with E-state index in [9.17, 15) is 0 Å². The molecule has 2 N–H and O–H groups in total. The smallest absolute Gasteiger partial charge is 0.214 e. The molecule has 8 heteroatoms. The molecule has 0 aliphatic heterocycles. The van der Waals surface area contributed by atoms with Gasteiger partial charge in [0.05, 0.1) is 18.8 Å². The first kappa shape index (κ1) is 20.9. The number of nitrogens with zero attached hydrogens (tertiary/aromatic N) is 3. The molecule has 0 aliphatic rings. The van der Waals surface area contributed by atoms with Crippen molar-refractivity contribution in [2.45, 2.75) is 33.9 Å². The lowest BCUT2D eigenvalue weighted by atomic mass is 10.2. The Bertz CT molecular complexity index is 854. The second-order valence-electron chi connectivity index (χ2n) is 5.85. The summed E-state index contributed by atoms with van der Waals surface area (Å²) in [6, 6.07) is 11.8. The summed E-state index contributed by atoms with van der Waals surface area (Å²) in [7, 11) is 0. The highest BCUT2D eigenvalue weighted by Crippen LogP contribution is 2.19. The van der Waals surface area contributed by atoms with Crippen LogP contribution in [-0.4, -0.2) is 22.6 Å². The van der Waals surface area contributed by atoms with Crippen molar-refractivity contribution in [2.75, 3.05) is 6.54 Å². The summed E-state index contributed by atoms with van der Waals surface area (Å²) in [5, 5.41) is 10.5. The van der Waals surface area contributed by atoms with Crippen molar-refractivity contribution in [3.05, 3.63) is 59.4 Å². The minimum absolute atomic E-state index is 0. The topological polar surface area (TPSA) is 88.5 Å². The van der Waals surface area contributed by atoms with Crippen LogP contribution in [0.2, 0.25) is 0 Å². The SMILES string of the molecule is CCNC(=NCc1cc(-c2ccccc2)on1)NCc1nc(C)c(C)o1.I. The average Bonchev–Trinajstić information content (AvgIpc) is 3.25. The Kier molecular flexibility index (Phi) is 7.83. The average molecular weight is 481 g/mol. The van der Waals surface area contributed by atoms with E-state index in [2.05, 4.69) is 25.8 Å². The standard InChI is InChI=1S/C19H23N5O2.HI/c1-4-20-19(22-12-18-23-13(2)14(3)25-18)21-11-16-10-17(26-24-16)15-8-6-5-7-9-15;/h5-10H,4,11-12H2,1-3H3,(H2,20,21,22);1H. The molecule has 27 heavy (non-hydrogen) atoms. The third-order valence-electron chi connectivity index (χ3n) is 3.84. The number of aliphatic imine (C=N–C) groups is 1. The van der Waals surface area contributed by atoms with Crippen molar-refractivity contribution in [2.24, 2.45) is 4.99 Å². The number of rotatable bonds is 6. The van der Waals surface area contributed by atoms with Crippen LogP contribution < -0.4 is 10.6 Å². The van der Waals surface area contributed by atoms with E-state index in [1.807, 2.05) is 57.2 Å². The van der Waals surface area contributed by atoms with Gasteiger partial charge in [-0.15, -0.1) is 24.0 Å². The fourth-order valence-electron chi connectivity index (χ4n) is 2.40. The molecule has 0 amide bonds. The molecule has 0 bridgehead atoms. The Hall–Kier alpha value is -2.36. The second-order valence-corrected chi connectivity index (χ2v) is 5.85. The third-order valence-corrected chi connectivity index (χ3v) is 3.84. The van der Waals surface area contributed by atoms with E-state index in [0.29, 0.717) is 24.9 Å². The molecule has 144 valence electrons. The lowest BCUT2D eigenvalue weighted by molar-refractivity contribution is 0.424. The van der Waals surface area contributed by atoms with Crippen molar-refractivity contribution >= 4 is 29.9 Å². The van der Waals surface area contributed by atoms with Gasteiger partial charge in [0, 0.05) is 18.2 Å². The van der Waals surface area contributed by atoms with Gasteiger partial charge < -0.3 is 19.6 Å². The molecule has 0 spiro atoms. The van der Waals surface area contributed by atoms with Crippen LogP contribution in [0.5, 0.6) is 0 Å². The number of nitrogens with one attached hydrogen (secondary N) is 2. The maximum atomic E-state index is 5.57. The normalized spacial score (nSPS) is 11.1. The summed E-state index contributed by atoms with van der Waals surface area (Å²) in [6.07, 6.45) is 0. The van der Waals surface area contributed by atoms with E-state index in [0.717, 1.165) is 35.0 Å². The van der Waals surface area contributed by atoms with E-state index in [1.165, 1.54) is 0 Å². The Morgan fingerprint density at radius 3 is 2.59 bits per heavy atom. The Balaban J connectivity index is 0.00000261. The highest BCUT2D eigenvalue weighted by Gasteiger charge is 2.08. The molecule has 1 aromatic carbocycles. The van der Waals surface area contributed by atoms with Crippen LogP contribution in [0.3, 0.4) is 0 Å². The molecule has 0 fully saturated rings. The van der Waals surface area contributed by atoms with Crippen LogP contribution in [0.1, 0.15) is 30.0 Å². The van der Waals surface area contributed by atoms with Gasteiger partial charge in [-0.1, -0.05) is 35.5 Å². The number of guanidine groups is 1. The van der Waals surface area contributed by atoms with Crippen LogP contribution in [0.4, 0.5) is 0 Å². The molecule has 2 heterocycles. The molecule has 0 aliphatic carbocycles. The predicted molar refractivity (Wildman–Crippen MR) is 115 cm³/mol. The first-order chi connectivity index (χ1) is 12.7. The molecule has 7 nitrogen and oxygen atoms in total. The maximum absolute atomic E-state index is 5.57. The fourth-order valence-corrected chi connectivity index (χ4v) is 2.40. The number of benzene rings is 1. The van der Waals surface area contributed by atoms with Gasteiger partial charge in [0.1, 0.15) is 11.5 Å². The predicted octanol–water partition coefficient (Wildman–Crippen LogP) is 3.82. The zero-order valence-electron chi connectivity index (χ0n) is 15.7. The van der Waals surface area contributed by atoms with Crippen LogP contribution in [0.25, 0.3) is 11.3 Å². The summed E-state index contributed by atoms with van der Waals surface area (Å²) in [4.78, 5) is 8.90. The van der Waals surface area contributed by atoms with E-state index in [-0.39, 0.29) is 24.0 Å². The molecule has 0 saturated heterocycles. The van der Waals surface area contributed by atoms with Crippen LogP contribution in [-0.2, 0) is 13.1 Å². The molecule has 0 saturated carbocycles. The second kappa shape index (κ2) is 10.1. The highest BCUT2D eigenvalue weighted by molar-refractivity contribution is 14.0. The number of aromatic nitrogens is 2. The van der Waals surface area contributed by atoms with Crippen molar-refractivity contribution in [3.8, 4) is 11.3 Å². The zero-order valence-corrected chi connectivity index (χ0v) is 18.0. The Labute approximate surface area is 175 Å². The van der Waals surface area contributed by atoms with Crippen LogP contribution in [0, 0.1) is 13.8 Å². The van der Waals surface area contributed by atoms with Crippen LogP contribution in [0.15, 0.2) is 50.3 Å². The van der Waals surface area contributed by atoms with Gasteiger partial charge in [-0.3, -0.25) is 0 Å². The van der Waals surface area contributed by atoms with Crippen molar-refractivity contribution in [3.63, 3.8) is 0 Å². The number of hydrogen-bond acceptors (Lipinski definition) is 5. The van der Waals surface area contributed by atoms with Crippen molar-refractivity contribution < 1.29 is 8.94 Å². The monoisotopic (exact) mass is 481 g/mol. The molecular formula is C19H24IN5O2. The number of aryl methyl sites for hydroxylation is 2. The van der Waals surface area contributed by atoms with Crippen molar-refractivity contribution in [1.82, 2.24) is 20.8 Å². The van der Waals surface area contributed by atoms with Crippen molar-refractivity contribution in [1.29, 1.82) is 0 Å². The first-order valence-electron chi connectivity index (χ1n) is 8.61. The number of hydrogen-bond donors (Lipinski definition) is 2. The summed E-state index contributed by atoms with van der Waals surface area (Å²) in [6.45, 7) is 7.48. The van der Waals surface area contributed by atoms with Gasteiger partial charge >= 0.3 is 0 Å². The summed E-state index contributed by atoms with van der Waals surface area (Å²) in [5.41, 5.74) is 2.67. The zero-order chi connectivity index (χ0) is 18.4. The fraction of sp³-hybridized carbons (Fsp3) is 0.316. The minimum Gasteiger partial charge on any atom is -0.444 e. The molecular weight excluding hydrogens is 457 g/mol. The molecule has 0 radical (unpaired) electrons. The highest BCUT2D eigenvalue weighted by atomic mass is 127. The van der Waals surface area contributed by atoms with Gasteiger partial charge in [0.2, 0.25) is 5.89 Å². The molecule has 3 rings (SSSR count). The summed E-state index contributed by atoms with van der Waals surface area (Å²) >= 11 is 0.